The van der Waals surface area contributed by atoms with Gasteiger partial charge in [-0.15, -0.1) is 12.4 Å². The average Bonchev–Trinajstić information content (AvgIpc) is 2.17. The van der Waals surface area contributed by atoms with E-state index in [1.54, 1.807) is 6.92 Å². The van der Waals surface area contributed by atoms with Gasteiger partial charge in [0, 0.05) is 0 Å². The van der Waals surface area contributed by atoms with Crippen LogP contribution in [0.3, 0.4) is 0 Å². The second kappa shape index (κ2) is 9.42. The van der Waals surface area contributed by atoms with E-state index in [1.165, 1.54) is 6.92 Å². The van der Waals surface area contributed by atoms with Gasteiger partial charge < -0.3 is 9.84 Å². The highest BCUT2D eigenvalue weighted by Crippen LogP contribution is 2.01. The fraction of sp³-hybridized carbons (Fsp3) is 0.800. The molecule has 0 radical (unpaired) electrons. The normalized spacial score (nSPS) is 13.4. The number of carboxylic acids is 1. The van der Waals surface area contributed by atoms with E-state index in [2.05, 4.69) is 5.32 Å². The lowest BCUT2D eigenvalue weighted by Gasteiger charge is -2.18. The molecule has 0 aliphatic rings. The molecular formula is C10H20ClNO4. The molecule has 16 heavy (non-hydrogen) atoms. The van der Waals surface area contributed by atoms with E-state index < -0.39 is 18.1 Å². The molecule has 0 aromatic heterocycles. The summed E-state index contributed by atoms with van der Waals surface area (Å²) in [6, 6.07) is -1.27. The molecule has 0 aromatic carbocycles. The minimum atomic E-state index is -0.972. The summed E-state index contributed by atoms with van der Waals surface area (Å²) in [4.78, 5) is 22.0. The first-order valence-electron chi connectivity index (χ1n) is 5.18. The minimum absolute atomic E-state index is 0. The molecule has 0 saturated heterocycles. The number of hydrogen-bond acceptors (Lipinski definition) is 4. The lowest BCUT2D eigenvalue weighted by Crippen LogP contribution is -2.46. The summed E-state index contributed by atoms with van der Waals surface area (Å²) in [5.41, 5.74) is 0. The van der Waals surface area contributed by atoms with Gasteiger partial charge in [-0.1, -0.05) is 13.3 Å². The fourth-order valence-corrected chi connectivity index (χ4v) is 1.17. The number of carbonyl (C=O) groups is 2. The van der Waals surface area contributed by atoms with Crippen molar-refractivity contribution < 1.29 is 19.4 Å². The van der Waals surface area contributed by atoms with Crippen molar-refractivity contribution in [2.75, 3.05) is 6.61 Å². The Hall–Kier alpha value is -0.810. The molecule has 2 N–H and O–H groups in total. The molecule has 2 atom stereocenters. The number of nitrogens with one attached hydrogen (secondary N) is 1. The van der Waals surface area contributed by atoms with E-state index >= 15 is 0 Å². The van der Waals surface area contributed by atoms with Gasteiger partial charge in [0.05, 0.1) is 6.61 Å². The van der Waals surface area contributed by atoms with Crippen LogP contribution < -0.4 is 5.32 Å². The van der Waals surface area contributed by atoms with Gasteiger partial charge in [-0.2, -0.15) is 0 Å². The maximum absolute atomic E-state index is 11.4. The molecule has 0 aliphatic carbocycles. The first-order chi connectivity index (χ1) is 7.02. The summed E-state index contributed by atoms with van der Waals surface area (Å²) >= 11 is 0. The minimum Gasteiger partial charge on any atom is -0.480 e. The van der Waals surface area contributed by atoms with Gasteiger partial charge >= 0.3 is 11.9 Å². The summed E-state index contributed by atoms with van der Waals surface area (Å²) in [6.07, 6.45) is 1.37. The van der Waals surface area contributed by atoms with E-state index in [-0.39, 0.29) is 18.4 Å². The van der Waals surface area contributed by atoms with Crippen molar-refractivity contribution in [3.63, 3.8) is 0 Å². The molecule has 0 amide bonds. The Balaban J connectivity index is 0. The maximum atomic E-state index is 11.4. The van der Waals surface area contributed by atoms with Crippen molar-refractivity contribution in [3.8, 4) is 0 Å². The number of hydrogen-bond donors (Lipinski definition) is 2. The van der Waals surface area contributed by atoms with Crippen LogP contribution in [0.25, 0.3) is 0 Å². The number of halogens is 1. The van der Waals surface area contributed by atoms with Crippen LogP contribution in [0.15, 0.2) is 0 Å². The van der Waals surface area contributed by atoms with E-state index in [0.717, 1.165) is 6.42 Å². The molecule has 0 heterocycles. The van der Waals surface area contributed by atoms with Gasteiger partial charge in [0.1, 0.15) is 12.1 Å². The topological polar surface area (TPSA) is 75.6 Å². The highest BCUT2D eigenvalue weighted by Gasteiger charge is 2.23. The number of carboxylic acid groups (broad SMARTS) is 1. The number of esters is 1. The lowest BCUT2D eigenvalue weighted by molar-refractivity contribution is -0.147. The Morgan fingerprint density at radius 1 is 1.38 bits per heavy atom. The van der Waals surface area contributed by atoms with E-state index in [9.17, 15) is 9.59 Å². The van der Waals surface area contributed by atoms with Crippen LogP contribution in [0.1, 0.15) is 33.6 Å². The molecule has 0 saturated carbocycles. The number of carbonyl (C=O) groups excluding carboxylic acids is 1. The van der Waals surface area contributed by atoms with Crippen LogP contribution in [0.4, 0.5) is 0 Å². The zero-order chi connectivity index (χ0) is 11.8. The largest absolute Gasteiger partial charge is 0.480 e. The lowest BCUT2D eigenvalue weighted by atomic mass is 10.1. The first-order valence-corrected chi connectivity index (χ1v) is 5.18. The SMILES string of the molecule is CCC[C@H](NC(C)C(=O)O)C(=O)OCC.Cl. The monoisotopic (exact) mass is 253 g/mol. The predicted molar refractivity (Wildman–Crippen MR) is 62.8 cm³/mol. The van der Waals surface area contributed by atoms with Gasteiger partial charge in [0.15, 0.2) is 0 Å². The molecule has 96 valence electrons. The molecule has 0 aromatic rings. The van der Waals surface area contributed by atoms with Crippen molar-refractivity contribution in [1.29, 1.82) is 0 Å². The van der Waals surface area contributed by atoms with Crippen molar-refractivity contribution in [3.05, 3.63) is 0 Å². The molecule has 0 rings (SSSR count). The Kier molecular flexibility index (Phi) is 10.3. The first kappa shape index (κ1) is 17.6. The van der Waals surface area contributed by atoms with E-state index in [4.69, 9.17) is 9.84 Å². The predicted octanol–water partition coefficient (Wildman–Crippen LogP) is 1.20. The molecule has 5 nitrogen and oxygen atoms in total. The standard InChI is InChI=1S/C10H19NO4.ClH/c1-4-6-8(10(14)15-5-2)11-7(3)9(12)13;/h7-8,11H,4-6H2,1-3H3,(H,12,13);1H/t7?,8-;/m0./s1. The van der Waals surface area contributed by atoms with Crippen molar-refractivity contribution in [2.45, 2.75) is 45.7 Å². The van der Waals surface area contributed by atoms with E-state index in [1.807, 2.05) is 6.92 Å². The molecule has 1 unspecified atom stereocenters. The fourth-order valence-electron chi connectivity index (χ4n) is 1.17. The summed E-state index contributed by atoms with van der Waals surface area (Å²) in [5, 5.41) is 11.4. The van der Waals surface area contributed by atoms with E-state index in [0.29, 0.717) is 13.0 Å². The number of ether oxygens (including phenoxy) is 1. The van der Waals surface area contributed by atoms with Gasteiger partial charge in [-0.05, 0) is 20.3 Å². The summed E-state index contributed by atoms with van der Waals surface area (Å²) in [7, 11) is 0. The summed E-state index contributed by atoms with van der Waals surface area (Å²) in [6.45, 7) is 5.47. The second-order valence-electron chi connectivity index (χ2n) is 3.32. The zero-order valence-corrected chi connectivity index (χ0v) is 10.7. The van der Waals surface area contributed by atoms with Crippen molar-refractivity contribution in [1.82, 2.24) is 5.32 Å². The third kappa shape index (κ3) is 6.63. The summed E-state index contributed by atoms with van der Waals surface area (Å²) < 4.78 is 4.84. The number of aliphatic carboxylic acids is 1. The van der Waals surface area contributed by atoms with Gasteiger partial charge in [0.2, 0.25) is 0 Å². The molecular weight excluding hydrogens is 234 g/mol. The van der Waals surface area contributed by atoms with Crippen molar-refractivity contribution in [2.24, 2.45) is 0 Å². The molecule has 0 spiro atoms. The van der Waals surface area contributed by atoms with Crippen LogP contribution in [0.2, 0.25) is 0 Å². The van der Waals surface area contributed by atoms with Gasteiger partial charge in [0.25, 0.3) is 0 Å². The highest BCUT2D eigenvalue weighted by molar-refractivity contribution is 5.85. The third-order valence-corrected chi connectivity index (χ3v) is 1.97. The maximum Gasteiger partial charge on any atom is 0.323 e. The smallest absolute Gasteiger partial charge is 0.323 e. The van der Waals surface area contributed by atoms with Gasteiger partial charge in [-0.3, -0.25) is 14.9 Å². The number of rotatable bonds is 7. The van der Waals surface area contributed by atoms with Crippen LogP contribution in [-0.4, -0.2) is 35.7 Å². The molecule has 0 fully saturated rings. The Labute approximate surface area is 102 Å². The van der Waals surface area contributed by atoms with Gasteiger partial charge in [-0.25, -0.2) is 0 Å². The average molecular weight is 254 g/mol. The molecule has 0 aliphatic heterocycles. The molecule has 0 bridgehead atoms. The third-order valence-electron chi connectivity index (χ3n) is 1.97. The molecule has 6 heteroatoms. The Morgan fingerprint density at radius 2 is 1.94 bits per heavy atom. The zero-order valence-electron chi connectivity index (χ0n) is 9.86. The van der Waals surface area contributed by atoms with Crippen LogP contribution in [-0.2, 0) is 14.3 Å². The van der Waals surface area contributed by atoms with Crippen LogP contribution in [0.5, 0.6) is 0 Å². The van der Waals surface area contributed by atoms with Crippen LogP contribution >= 0.6 is 12.4 Å². The quantitative estimate of drug-likeness (QED) is 0.667. The van der Waals surface area contributed by atoms with Crippen LogP contribution in [0, 0.1) is 0 Å². The second-order valence-corrected chi connectivity index (χ2v) is 3.32. The summed E-state index contributed by atoms with van der Waals surface area (Å²) in [5.74, 6) is -1.35. The Morgan fingerprint density at radius 3 is 2.31 bits per heavy atom. The van der Waals surface area contributed by atoms with Crippen molar-refractivity contribution >= 4 is 24.3 Å². The highest BCUT2D eigenvalue weighted by atomic mass is 35.5. The Bertz CT molecular complexity index is 223.